The summed E-state index contributed by atoms with van der Waals surface area (Å²) in [6.45, 7) is 8.91. The van der Waals surface area contributed by atoms with E-state index in [0.717, 1.165) is 0 Å². The van der Waals surface area contributed by atoms with Crippen molar-refractivity contribution in [3.8, 4) is 0 Å². The first-order chi connectivity index (χ1) is 6.38. The van der Waals surface area contributed by atoms with Gasteiger partial charge < -0.3 is 14.6 Å². The maximum Gasteiger partial charge on any atom is 0.339 e. The molecule has 0 saturated carbocycles. The Kier molecular flexibility index (Phi) is 2.69. The van der Waals surface area contributed by atoms with Crippen LogP contribution in [-0.4, -0.2) is 29.6 Å². The number of aliphatic carboxylic acids is 1. The summed E-state index contributed by atoms with van der Waals surface area (Å²) >= 11 is 0. The Labute approximate surface area is 83.5 Å². The van der Waals surface area contributed by atoms with E-state index in [4.69, 9.17) is 9.47 Å². The van der Waals surface area contributed by atoms with Crippen molar-refractivity contribution in [3.05, 3.63) is 12.7 Å². The lowest BCUT2D eigenvalue weighted by atomic mass is 9.72. The van der Waals surface area contributed by atoms with Gasteiger partial charge in [-0.15, -0.1) is 6.58 Å². The molecule has 1 fully saturated rings. The smallest absolute Gasteiger partial charge is 0.339 e. The molecule has 14 heavy (non-hydrogen) atoms. The molecule has 0 radical (unpaired) electrons. The zero-order valence-corrected chi connectivity index (χ0v) is 8.74. The van der Waals surface area contributed by atoms with Crippen molar-refractivity contribution in [1.82, 2.24) is 0 Å². The predicted molar refractivity (Wildman–Crippen MR) is 50.8 cm³/mol. The number of carboxylic acids is 1. The molecule has 4 nitrogen and oxygen atoms in total. The largest absolute Gasteiger partial charge is 0.479 e. The van der Waals surface area contributed by atoms with E-state index in [1.807, 2.05) is 0 Å². The Balaban J connectivity index is 3.17. The Hall–Kier alpha value is -0.870. The molecule has 1 rings (SSSR count). The fourth-order valence-electron chi connectivity index (χ4n) is 1.84. The molecular formula is C10H16O4. The van der Waals surface area contributed by atoms with E-state index in [0.29, 0.717) is 0 Å². The number of carboxylic acid groups (broad SMARTS) is 1. The van der Waals surface area contributed by atoms with Crippen LogP contribution in [0, 0.1) is 5.41 Å². The SMILES string of the molecule is C=CC(C)(C)C1(C(=O)O)OCOC1C. The third-order valence-corrected chi connectivity index (χ3v) is 2.96. The average molecular weight is 200 g/mol. The summed E-state index contributed by atoms with van der Waals surface area (Å²) < 4.78 is 10.4. The van der Waals surface area contributed by atoms with Gasteiger partial charge in [0.1, 0.15) is 6.79 Å². The van der Waals surface area contributed by atoms with E-state index < -0.39 is 23.1 Å². The van der Waals surface area contributed by atoms with E-state index in [-0.39, 0.29) is 6.79 Å². The second-order valence-corrected chi connectivity index (χ2v) is 4.04. The van der Waals surface area contributed by atoms with Crippen LogP contribution in [0.5, 0.6) is 0 Å². The van der Waals surface area contributed by atoms with Gasteiger partial charge in [-0.05, 0) is 6.92 Å². The van der Waals surface area contributed by atoms with Crippen LogP contribution < -0.4 is 0 Å². The van der Waals surface area contributed by atoms with Gasteiger partial charge in [0, 0.05) is 5.41 Å². The van der Waals surface area contributed by atoms with E-state index in [1.54, 1.807) is 26.8 Å². The highest BCUT2D eigenvalue weighted by Gasteiger charge is 2.59. The van der Waals surface area contributed by atoms with Gasteiger partial charge in [-0.1, -0.05) is 19.9 Å². The predicted octanol–water partition coefficient (Wildman–Crippen LogP) is 1.41. The van der Waals surface area contributed by atoms with Crippen LogP contribution in [0.15, 0.2) is 12.7 Å². The normalized spacial score (nSPS) is 32.9. The molecule has 0 bridgehead atoms. The molecular weight excluding hydrogens is 184 g/mol. The molecule has 1 saturated heterocycles. The molecule has 0 amide bonds. The van der Waals surface area contributed by atoms with Crippen molar-refractivity contribution < 1.29 is 19.4 Å². The molecule has 0 spiro atoms. The molecule has 0 aromatic rings. The second-order valence-electron chi connectivity index (χ2n) is 4.04. The molecule has 1 aliphatic rings. The highest BCUT2D eigenvalue weighted by Crippen LogP contribution is 2.42. The van der Waals surface area contributed by atoms with Crippen LogP contribution in [0.3, 0.4) is 0 Å². The summed E-state index contributed by atoms with van der Waals surface area (Å²) in [7, 11) is 0. The first-order valence-electron chi connectivity index (χ1n) is 4.51. The topological polar surface area (TPSA) is 55.8 Å². The van der Waals surface area contributed by atoms with Crippen molar-refractivity contribution >= 4 is 5.97 Å². The van der Waals surface area contributed by atoms with Gasteiger partial charge in [-0.3, -0.25) is 0 Å². The number of hydrogen-bond acceptors (Lipinski definition) is 3. The van der Waals surface area contributed by atoms with Crippen LogP contribution in [0.1, 0.15) is 20.8 Å². The summed E-state index contributed by atoms with van der Waals surface area (Å²) in [6, 6.07) is 0. The van der Waals surface area contributed by atoms with E-state index >= 15 is 0 Å². The molecule has 2 unspecified atom stereocenters. The maximum atomic E-state index is 11.3. The molecule has 1 aliphatic heterocycles. The average Bonchev–Trinajstić information content (AvgIpc) is 2.48. The minimum Gasteiger partial charge on any atom is -0.479 e. The summed E-state index contributed by atoms with van der Waals surface area (Å²) in [5, 5.41) is 9.25. The third-order valence-electron chi connectivity index (χ3n) is 2.96. The van der Waals surface area contributed by atoms with Gasteiger partial charge in [0.2, 0.25) is 5.60 Å². The van der Waals surface area contributed by atoms with Crippen molar-refractivity contribution in [2.24, 2.45) is 5.41 Å². The standard InChI is InChI=1S/C10H16O4/c1-5-9(3,4)10(8(11)12)7(2)13-6-14-10/h5,7H,1,6H2,2-4H3,(H,11,12). The van der Waals surface area contributed by atoms with Gasteiger partial charge in [-0.25, -0.2) is 4.79 Å². The molecule has 0 aromatic heterocycles. The molecule has 1 heterocycles. The quantitative estimate of drug-likeness (QED) is 0.700. The molecule has 0 aromatic carbocycles. The lowest BCUT2D eigenvalue weighted by Gasteiger charge is -2.38. The van der Waals surface area contributed by atoms with Gasteiger partial charge in [-0.2, -0.15) is 0 Å². The molecule has 2 atom stereocenters. The monoisotopic (exact) mass is 200 g/mol. The number of ether oxygens (including phenoxy) is 2. The Morgan fingerprint density at radius 3 is 2.57 bits per heavy atom. The minimum absolute atomic E-state index is 0.0186. The number of hydrogen-bond donors (Lipinski definition) is 1. The second kappa shape index (κ2) is 3.37. The minimum atomic E-state index is -1.32. The number of carbonyl (C=O) groups is 1. The van der Waals surface area contributed by atoms with Crippen molar-refractivity contribution in [3.63, 3.8) is 0 Å². The van der Waals surface area contributed by atoms with E-state index in [1.165, 1.54) is 0 Å². The van der Waals surface area contributed by atoms with Crippen molar-refractivity contribution in [2.75, 3.05) is 6.79 Å². The molecule has 0 aliphatic carbocycles. The zero-order chi connectivity index (χ0) is 11.0. The first kappa shape index (κ1) is 11.2. The molecule has 80 valence electrons. The lowest BCUT2D eigenvalue weighted by Crippen LogP contribution is -2.56. The van der Waals surface area contributed by atoms with Crippen LogP contribution in [0.25, 0.3) is 0 Å². The van der Waals surface area contributed by atoms with E-state index in [9.17, 15) is 9.90 Å². The molecule has 4 heteroatoms. The Bertz CT molecular complexity index is 259. The fraction of sp³-hybridized carbons (Fsp3) is 0.700. The van der Waals surface area contributed by atoms with Gasteiger partial charge in [0.25, 0.3) is 0 Å². The molecule has 1 N–H and O–H groups in total. The van der Waals surface area contributed by atoms with Crippen molar-refractivity contribution in [1.29, 1.82) is 0 Å². The Morgan fingerprint density at radius 2 is 2.29 bits per heavy atom. The van der Waals surface area contributed by atoms with Crippen LogP contribution in [0.2, 0.25) is 0 Å². The van der Waals surface area contributed by atoms with Crippen LogP contribution in [0.4, 0.5) is 0 Å². The van der Waals surface area contributed by atoms with Crippen LogP contribution in [-0.2, 0) is 14.3 Å². The number of rotatable bonds is 3. The fourth-order valence-corrected chi connectivity index (χ4v) is 1.84. The highest BCUT2D eigenvalue weighted by molar-refractivity contribution is 5.80. The maximum absolute atomic E-state index is 11.3. The highest BCUT2D eigenvalue weighted by atomic mass is 16.7. The van der Waals surface area contributed by atoms with Gasteiger partial charge in [0.05, 0.1) is 6.10 Å². The summed E-state index contributed by atoms with van der Waals surface area (Å²) in [6.07, 6.45) is 1.11. The van der Waals surface area contributed by atoms with Gasteiger partial charge >= 0.3 is 5.97 Å². The summed E-state index contributed by atoms with van der Waals surface area (Å²) in [4.78, 5) is 11.3. The summed E-state index contributed by atoms with van der Waals surface area (Å²) in [5.41, 5.74) is -2.00. The van der Waals surface area contributed by atoms with E-state index in [2.05, 4.69) is 6.58 Å². The van der Waals surface area contributed by atoms with Crippen LogP contribution >= 0.6 is 0 Å². The third kappa shape index (κ3) is 1.26. The van der Waals surface area contributed by atoms with Gasteiger partial charge in [0.15, 0.2) is 0 Å². The van der Waals surface area contributed by atoms with Crippen molar-refractivity contribution in [2.45, 2.75) is 32.5 Å². The summed E-state index contributed by atoms with van der Waals surface area (Å²) in [5.74, 6) is -1.01. The lowest BCUT2D eigenvalue weighted by molar-refractivity contribution is -0.172. The Morgan fingerprint density at radius 1 is 1.71 bits per heavy atom. The first-order valence-corrected chi connectivity index (χ1v) is 4.51. The zero-order valence-electron chi connectivity index (χ0n) is 8.74.